The molecular weight excluding hydrogens is 689 g/mol. The van der Waals surface area contributed by atoms with Crippen LogP contribution in [-0.4, -0.2) is 9.55 Å². The van der Waals surface area contributed by atoms with Crippen molar-refractivity contribution in [2.45, 2.75) is 0 Å². The summed E-state index contributed by atoms with van der Waals surface area (Å²) in [6.45, 7) is 0. The number of fused-ring (bicyclic) bond motifs is 11. The number of rotatable bonds is 4. The van der Waals surface area contributed by atoms with Gasteiger partial charge in [-0.3, -0.25) is 0 Å². The summed E-state index contributed by atoms with van der Waals surface area (Å²) in [6.07, 6.45) is 0. The van der Waals surface area contributed by atoms with E-state index in [2.05, 4.69) is 187 Å². The van der Waals surface area contributed by atoms with Gasteiger partial charge in [0.15, 0.2) is 0 Å². The van der Waals surface area contributed by atoms with E-state index in [0.29, 0.717) is 0 Å². The minimum absolute atomic E-state index is 0.860. The van der Waals surface area contributed by atoms with Crippen molar-refractivity contribution in [3.63, 3.8) is 0 Å². The number of thiazole rings is 1. The third-order valence-electron chi connectivity index (χ3n) is 11.2. The first-order chi connectivity index (χ1) is 27.2. The Morgan fingerprint density at radius 2 is 1.09 bits per heavy atom. The number of benzene rings is 9. The number of furan rings is 1. The SMILES string of the molecule is c1ccc(-n2c3ccccc3c3cc(-c4ccc(-c5nc6c(ccc7oc8ccc(-c9cc%10ccccc%10c%10ccccc9%10)cc8c76)s5)cc4)ccc32)cc1. The van der Waals surface area contributed by atoms with Gasteiger partial charge in [0.2, 0.25) is 0 Å². The maximum Gasteiger partial charge on any atom is 0.137 e. The van der Waals surface area contributed by atoms with E-state index < -0.39 is 0 Å². The Morgan fingerprint density at radius 3 is 1.96 bits per heavy atom. The summed E-state index contributed by atoms with van der Waals surface area (Å²) in [7, 11) is 0. The Kier molecular flexibility index (Phi) is 6.50. The molecule has 3 nitrogen and oxygen atoms in total. The molecule has 0 amide bonds. The van der Waals surface area contributed by atoms with Crippen LogP contribution < -0.4 is 0 Å². The Bertz CT molecular complexity index is 3480. The van der Waals surface area contributed by atoms with Crippen LogP contribution in [0.2, 0.25) is 0 Å². The highest BCUT2D eigenvalue weighted by Crippen LogP contribution is 2.42. The van der Waals surface area contributed by atoms with Gasteiger partial charge in [0.25, 0.3) is 0 Å². The van der Waals surface area contributed by atoms with Gasteiger partial charge in [-0.15, -0.1) is 11.3 Å². The second kappa shape index (κ2) is 11.7. The lowest BCUT2D eigenvalue weighted by atomic mass is 9.92. The van der Waals surface area contributed by atoms with E-state index in [9.17, 15) is 0 Å². The van der Waals surface area contributed by atoms with Crippen molar-refractivity contribution < 1.29 is 4.42 Å². The first-order valence-electron chi connectivity index (χ1n) is 18.6. The molecule has 3 heterocycles. The van der Waals surface area contributed by atoms with Crippen molar-refractivity contribution in [2.24, 2.45) is 0 Å². The average Bonchev–Trinajstić information content (AvgIpc) is 3.95. The molecule has 0 aliphatic rings. The van der Waals surface area contributed by atoms with Crippen LogP contribution in [0.1, 0.15) is 0 Å². The minimum Gasteiger partial charge on any atom is -0.456 e. The summed E-state index contributed by atoms with van der Waals surface area (Å²) in [5.74, 6) is 0. The van der Waals surface area contributed by atoms with E-state index in [0.717, 1.165) is 42.7 Å². The Labute approximate surface area is 320 Å². The second-order valence-electron chi connectivity index (χ2n) is 14.3. The fourth-order valence-electron chi connectivity index (χ4n) is 8.65. The molecular formula is C51H30N2OS. The lowest BCUT2D eigenvalue weighted by Gasteiger charge is -2.11. The molecule has 3 aromatic heterocycles. The highest BCUT2D eigenvalue weighted by molar-refractivity contribution is 7.21. The van der Waals surface area contributed by atoms with E-state index >= 15 is 0 Å². The molecule has 0 unspecified atom stereocenters. The molecule has 0 aliphatic heterocycles. The maximum absolute atomic E-state index is 6.44. The fourth-order valence-corrected chi connectivity index (χ4v) is 9.63. The lowest BCUT2D eigenvalue weighted by Crippen LogP contribution is -1.92. The van der Waals surface area contributed by atoms with Crippen molar-refractivity contribution in [2.75, 3.05) is 0 Å². The molecule has 12 aromatic rings. The largest absolute Gasteiger partial charge is 0.456 e. The van der Waals surface area contributed by atoms with Crippen LogP contribution in [-0.2, 0) is 0 Å². The van der Waals surface area contributed by atoms with Gasteiger partial charge in [0.05, 0.1) is 26.6 Å². The molecule has 0 radical (unpaired) electrons. The van der Waals surface area contributed by atoms with Crippen molar-refractivity contribution in [1.82, 2.24) is 9.55 Å². The highest BCUT2D eigenvalue weighted by atomic mass is 32.1. The summed E-state index contributed by atoms with van der Waals surface area (Å²) in [6, 6.07) is 65.5. The zero-order chi connectivity index (χ0) is 36.0. The van der Waals surface area contributed by atoms with Gasteiger partial charge in [0, 0.05) is 27.4 Å². The molecule has 0 N–H and O–H groups in total. The maximum atomic E-state index is 6.44. The molecule has 0 atom stereocenters. The standard InChI is InChI=1S/C51H30N2OS/c1-2-11-36(12-3-1)53-44-17-9-8-16-40(44)42-28-33(22-24-45(42)53)31-18-20-32(21-19-31)51-52-50-48(55-51)27-26-47-49(50)43-30-35(23-25-46(43)54-47)41-29-34-10-4-5-13-37(34)38-14-6-7-15-39(38)41/h1-30H. The Hall–Kier alpha value is -7.01. The number of hydrogen-bond donors (Lipinski definition) is 0. The van der Waals surface area contributed by atoms with Crippen molar-refractivity contribution in [3.8, 4) is 38.5 Å². The van der Waals surface area contributed by atoms with Gasteiger partial charge < -0.3 is 8.98 Å². The molecule has 0 saturated carbocycles. The van der Waals surface area contributed by atoms with Crippen LogP contribution in [0.3, 0.4) is 0 Å². The number of nitrogens with zero attached hydrogens (tertiary/aromatic N) is 2. The highest BCUT2D eigenvalue weighted by Gasteiger charge is 2.18. The van der Waals surface area contributed by atoms with Gasteiger partial charge in [-0.25, -0.2) is 4.98 Å². The first-order valence-corrected chi connectivity index (χ1v) is 19.4. The topological polar surface area (TPSA) is 31.0 Å². The van der Waals surface area contributed by atoms with Crippen LogP contribution >= 0.6 is 11.3 Å². The zero-order valence-corrected chi connectivity index (χ0v) is 30.3. The molecule has 0 aliphatic carbocycles. The van der Waals surface area contributed by atoms with Crippen molar-refractivity contribution >= 4 is 86.8 Å². The van der Waals surface area contributed by atoms with Gasteiger partial charge in [-0.2, -0.15) is 0 Å². The van der Waals surface area contributed by atoms with Crippen LogP contribution in [0.5, 0.6) is 0 Å². The minimum atomic E-state index is 0.860. The fraction of sp³-hybridized carbons (Fsp3) is 0. The van der Waals surface area contributed by atoms with Crippen LogP contribution in [0, 0.1) is 0 Å². The van der Waals surface area contributed by atoms with E-state index in [4.69, 9.17) is 9.40 Å². The summed E-state index contributed by atoms with van der Waals surface area (Å²) in [5, 5.41) is 10.7. The first kappa shape index (κ1) is 30.5. The summed E-state index contributed by atoms with van der Waals surface area (Å²) >= 11 is 1.73. The quantitative estimate of drug-likeness (QED) is 0.170. The molecule has 4 heteroatoms. The van der Waals surface area contributed by atoms with E-state index in [1.807, 2.05) is 0 Å². The predicted molar refractivity (Wildman–Crippen MR) is 233 cm³/mol. The van der Waals surface area contributed by atoms with Gasteiger partial charge >= 0.3 is 0 Å². The normalized spacial score (nSPS) is 12.0. The summed E-state index contributed by atoms with van der Waals surface area (Å²) in [4.78, 5) is 5.29. The molecule has 0 bridgehead atoms. The van der Waals surface area contributed by atoms with Gasteiger partial charge in [-0.05, 0) is 104 Å². The smallest absolute Gasteiger partial charge is 0.137 e. The van der Waals surface area contributed by atoms with Crippen molar-refractivity contribution in [1.29, 1.82) is 0 Å². The van der Waals surface area contributed by atoms with Crippen LogP contribution in [0.25, 0.3) is 114 Å². The van der Waals surface area contributed by atoms with Gasteiger partial charge in [-0.1, -0.05) is 121 Å². The number of hydrogen-bond acceptors (Lipinski definition) is 3. The van der Waals surface area contributed by atoms with Gasteiger partial charge in [0.1, 0.15) is 16.2 Å². The van der Waals surface area contributed by atoms with E-state index in [-0.39, 0.29) is 0 Å². The average molecular weight is 719 g/mol. The van der Waals surface area contributed by atoms with E-state index in [1.54, 1.807) is 11.3 Å². The molecule has 0 saturated heterocycles. The Balaban J connectivity index is 0.945. The zero-order valence-electron chi connectivity index (χ0n) is 29.5. The van der Waals surface area contributed by atoms with Crippen molar-refractivity contribution in [3.05, 3.63) is 182 Å². The molecule has 256 valence electrons. The second-order valence-corrected chi connectivity index (χ2v) is 15.3. The number of para-hydroxylation sites is 2. The predicted octanol–water partition coefficient (Wildman–Crippen LogP) is 14.6. The molecule has 0 fully saturated rings. The Morgan fingerprint density at radius 1 is 0.436 bits per heavy atom. The third kappa shape index (κ3) is 4.65. The molecule has 12 rings (SSSR count). The molecule has 0 spiro atoms. The lowest BCUT2D eigenvalue weighted by molar-refractivity contribution is 0.669. The van der Waals surface area contributed by atoms with Crippen LogP contribution in [0.15, 0.2) is 186 Å². The van der Waals surface area contributed by atoms with E-state index in [1.165, 1.54) is 71.3 Å². The number of aromatic nitrogens is 2. The van der Waals surface area contributed by atoms with Crippen LogP contribution in [0.4, 0.5) is 0 Å². The molecule has 55 heavy (non-hydrogen) atoms. The molecule has 9 aromatic carbocycles. The summed E-state index contributed by atoms with van der Waals surface area (Å²) in [5.41, 5.74) is 12.2. The monoisotopic (exact) mass is 718 g/mol. The summed E-state index contributed by atoms with van der Waals surface area (Å²) < 4.78 is 9.94. The third-order valence-corrected chi connectivity index (χ3v) is 12.3.